The predicted molar refractivity (Wildman–Crippen MR) is 83.1 cm³/mol. The predicted octanol–water partition coefficient (Wildman–Crippen LogP) is 2.59. The Labute approximate surface area is 135 Å². The monoisotopic (exact) mass is 332 g/mol. The molecule has 7 nitrogen and oxygen atoms in total. The summed E-state index contributed by atoms with van der Waals surface area (Å²) in [6, 6.07) is 1.56. The molecule has 3 aromatic rings. The maximum absolute atomic E-state index is 13.8. The molecule has 0 unspecified atom stereocenters. The third kappa shape index (κ3) is 2.80. The van der Waals surface area contributed by atoms with E-state index in [1.807, 2.05) is 0 Å². The second-order valence-electron chi connectivity index (χ2n) is 5.38. The van der Waals surface area contributed by atoms with E-state index in [1.54, 1.807) is 13.0 Å². The summed E-state index contributed by atoms with van der Waals surface area (Å²) in [4.78, 5) is 23.1. The van der Waals surface area contributed by atoms with E-state index in [1.165, 1.54) is 30.2 Å². The lowest BCUT2D eigenvalue weighted by molar-refractivity contribution is -0.114. The Kier molecular flexibility index (Phi) is 3.70. The Morgan fingerprint density at radius 3 is 2.62 bits per heavy atom. The second-order valence-corrected chi connectivity index (χ2v) is 5.38. The molecular formula is C15H14F2N6O. The van der Waals surface area contributed by atoms with Crippen LogP contribution < -0.4 is 5.32 Å². The topological polar surface area (TPSA) is 85.6 Å². The maximum Gasteiger partial charge on any atom is 0.290 e. The van der Waals surface area contributed by atoms with Gasteiger partial charge >= 0.3 is 0 Å². The van der Waals surface area contributed by atoms with Crippen LogP contribution in [0.4, 0.5) is 14.6 Å². The molecule has 3 aromatic heterocycles. The number of carbonyl (C=O) groups is 1. The van der Waals surface area contributed by atoms with Gasteiger partial charge in [0.05, 0.1) is 11.2 Å². The van der Waals surface area contributed by atoms with Crippen molar-refractivity contribution in [3.05, 3.63) is 36.0 Å². The van der Waals surface area contributed by atoms with Crippen LogP contribution in [0.25, 0.3) is 16.7 Å². The van der Waals surface area contributed by atoms with E-state index in [9.17, 15) is 13.6 Å². The minimum Gasteiger partial charge on any atom is -0.311 e. The number of nitrogens with one attached hydrogen (secondary N) is 1. The third-order valence-corrected chi connectivity index (χ3v) is 3.35. The van der Waals surface area contributed by atoms with Crippen molar-refractivity contribution in [2.45, 2.75) is 26.7 Å². The Balaban J connectivity index is 2.26. The van der Waals surface area contributed by atoms with Gasteiger partial charge in [-0.15, -0.1) is 0 Å². The van der Waals surface area contributed by atoms with Gasteiger partial charge in [0.15, 0.2) is 11.5 Å². The zero-order chi connectivity index (χ0) is 17.5. The van der Waals surface area contributed by atoms with E-state index in [4.69, 9.17) is 0 Å². The standard InChI is InChI=1S/C15H14F2N6O/c1-8-10-7-20-12(21-9(2)24)6-11(10)23(22-8)14-13(15(3,16)17)18-4-5-19-14/h4-7H,1-3H3,(H,20,21,24). The van der Waals surface area contributed by atoms with Crippen LogP contribution in [0.5, 0.6) is 0 Å². The highest BCUT2D eigenvalue weighted by Crippen LogP contribution is 2.31. The van der Waals surface area contributed by atoms with Gasteiger partial charge in [-0.2, -0.15) is 13.9 Å². The van der Waals surface area contributed by atoms with Gasteiger partial charge in [-0.1, -0.05) is 0 Å². The first kappa shape index (κ1) is 15.9. The molecule has 0 aromatic carbocycles. The normalized spacial score (nSPS) is 11.7. The van der Waals surface area contributed by atoms with E-state index >= 15 is 0 Å². The molecule has 124 valence electrons. The molecule has 1 N–H and O–H groups in total. The van der Waals surface area contributed by atoms with Crippen molar-refractivity contribution < 1.29 is 13.6 Å². The number of fused-ring (bicyclic) bond motifs is 1. The molecule has 0 aliphatic carbocycles. The quantitative estimate of drug-likeness (QED) is 0.797. The molecule has 0 saturated carbocycles. The summed E-state index contributed by atoms with van der Waals surface area (Å²) in [6.45, 7) is 3.84. The first-order chi connectivity index (χ1) is 11.3. The molecule has 0 radical (unpaired) electrons. The van der Waals surface area contributed by atoms with Crippen molar-refractivity contribution in [3.8, 4) is 5.82 Å². The Bertz CT molecular complexity index is 931. The number of amides is 1. The van der Waals surface area contributed by atoms with Gasteiger partial charge in [0.25, 0.3) is 5.92 Å². The van der Waals surface area contributed by atoms with E-state index in [0.717, 1.165) is 6.92 Å². The van der Waals surface area contributed by atoms with Crippen LogP contribution in [-0.4, -0.2) is 30.6 Å². The van der Waals surface area contributed by atoms with Crippen LogP contribution in [0.15, 0.2) is 24.7 Å². The van der Waals surface area contributed by atoms with E-state index in [2.05, 4.69) is 25.4 Å². The molecule has 0 aliphatic heterocycles. The van der Waals surface area contributed by atoms with Gasteiger partial charge in [-0.05, 0) is 6.92 Å². The van der Waals surface area contributed by atoms with Crippen LogP contribution in [0, 0.1) is 6.92 Å². The first-order valence-electron chi connectivity index (χ1n) is 7.10. The fourth-order valence-electron chi connectivity index (χ4n) is 2.36. The number of rotatable bonds is 3. The fraction of sp³-hybridized carbons (Fsp3) is 0.267. The lowest BCUT2D eigenvalue weighted by Gasteiger charge is -2.13. The number of carbonyl (C=O) groups excluding carboxylic acids is 1. The highest BCUT2D eigenvalue weighted by Gasteiger charge is 2.32. The van der Waals surface area contributed by atoms with Crippen molar-refractivity contribution in [2.24, 2.45) is 0 Å². The van der Waals surface area contributed by atoms with E-state index < -0.39 is 11.6 Å². The molecule has 0 bridgehead atoms. The van der Waals surface area contributed by atoms with E-state index in [-0.39, 0.29) is 11.7 Å². The van der Waals surface area contributed by atoms with Gasteiger partial charge in [0, 0.05) is 43.9 Å². The molecule has 3 heterocycles. The van der Waals surface area contributed by atoms with E-state index in [0.29, 0.717) is 22.4 Å². The SMILES string of the molecule is CC(=O)Nc1cc2c(cn1)c(C)nn2-c1nccnc1C(C)(F)F. The molecule has 9 heteroatoms. The third-order valence-electron chi connectivity index (χ3n) is 3.35. The minimum absolute atomic E-state index is 0.0666. The average molecular weight is 332 g/mol. The lowest BCUT2D eigenvalue weighted by Crippen LogP contribution is -2.16. The number of pyridine rings is 1. The summed E-state index contributed by atoms with van der Waals surface area (Å²) in [5.74, 6) is -3.23. The largest absolute Gasteiger partial charge is 0.311 e. The summed E-state index contributed by atoms with van der Waals surface area (Å²) in [5.41, 5.74) is 0.618. The smallest absolute Gasteiger partial charge is 0.290 e. The summed E-state index contributed by atoms with van der Waals surface area (Å²) in [6.07, 6.45) is 4.06. The highest BCUT2D eigenvalue weighted by atomic mass is 19.3. The maximum atomic E-state index is 13.8. The van der Waals surface area contributed by atoms with Crippen molar-refractivity contribution in [1.29, 1.82) is 0 Å². The van der Waals surface area contributed by atoms with Crippen LogP contribution in [0.1, 0.15) is 25.2 Å². The second kappa shape index (κ2) is 5.59. The molecule has 24 heavy (non-hydrogen) atoms. The number of hydrogen-bond donors (Lipinski definition) is 1. The van der Waals surface area contributed by atoms with Gasteiger partial charge in [0.1, 0.15) is 5.82 Å². The van der Waals surface area contributed by atoms with Crippen LogP contribution in [0.3, 0.4) is 0 Å². The average Bonchev–Trinajstić information content (AvgIpc) is 2.82. The molecule has 0 fully saturated rings. The van der Waals surface area contributed by atoms with Crippen molar-refractivity contribution in [3.63, 3.8) is 0 Å². The number of nitrogens with zero attached hydrogens (tertiary/aromatic N) is 5. The highest BCUT2D eigenvalue weighted by molar-refractivity contribution is 5.91. The van der Waals surface area contributed by atoms with Crippen LogP contribution in [0.2, 0.25) is 0 Å². The Morgan fingerprint density at radius 2 is 1.96 bits per heavy atom. The number of aryl methyl sites for hydroxylation is 1. The molecule has 1 amide bonds. The molecule has 0 atom stereocenters. The van der Waals surface area contributed by atoms with Crippen LogP contribution in [-0.2, 0) is 10.7 Å². The number of halogens is 2. The van der Waals surface area contributed by atoms with Gasteiger partial charge in [-0.25, -0.2) is 19.6 Å². The first-order valence-corrected chi connectivity index (χ1v) is 7.10. The summed E-state index contributed by atoms with van der Waals surface area (Å²) < 4.78 is 29.0. The van der Waals surface area contributed by atoms with Gasteiger partial charge in [0.2, 0.25) is 5.91 Å². The van der Waals surface area contributed by atoms with Crippen molar-refractivity contribution in [1.82, 2.24) is 24.7 Å². The zero-order valence-electron chi connectivity index (χ0n) is 13.2. The van der Waals surface area contributed by atoms with Gasteiger partial charge in [-0.3, -0.25) is 4.79 Å². The molecule has 3 rings (SSSR count). The number of anilines is 1. The molecule has 0 spiro atoms. The number of alkyl halides is 2. The van der Waals surface area contributed by atoms with Crippen LogP contribution >= 0.6 is 0 Å². The Hall–Kier alpha value is -2.97. The van der Waals surface area contributed by atoms with Gasteiger partial charge < -0.3 is 5.32 Å². The number of hydrogen-bond acceptors (Lipinski definition) is 5. The Morgan fingerprint density at radius 1 is 1.25 bits per heavy atom. The lowest BCUT2D eigenvalue weighted by atomic mass is 10.2. The molecule has 0 saturated heterocycles. The summed E-state index contributed by atoms with van der Waals surface area (Å²) in [7, 11) is 0. The zero-order valence-corrected chi connectivity index (χ0v) is 13.2. The summed E-state index contributed by atoms with van der Waals surface area (Å²) in [5, 5.41) is 7.50. The molecule has 0 aliphatic rings. The summed E-state index contributed by atoms with van der Waals surface area (Å²) >= 11 is 0. The van der Waals surface area contributed by atoms with Crippen molar-refractivity contribution >= 4 is 22.6 Å². The fourth-order valence-corrected chi connectivity index (χ4v) is 2.36. The minimum atomic E-state index is -3.18. The number of aromatic nitrogens is 5. The molecular weight excluding hydrogens is 318 g/mol. The van der Waals surface area contributed by atoms with Crippen molar-refractivity contribution in [2.75, 3.05) is 5.32 Å².